The first-order chi connectivity index (χ1) is 9.08. The van der Waals surface area contributed by atoms with Gasteiger partial charge in [0.2, 0.25) is 5.91 Å². The molecule has 1 N–H and O–H groups in total. The van der Waals surface area contributed by atoms with Crippen LogP contribution in [0.4, 0.5) is 0 Å². The molecule has 2 nitrogen and oxygen atoms in total. The highest BCUT2D eigenvalue weighted by molar-refractivity contribution is 5.72. The highest BCUT2D eigenvalue weighted by atomic mass is 16.1. The molecular weight excluding hydrogens is 234 g/mol. The molecule has 0 atom stereocenters. The van der Waals surface area contributed by atoms with Crippen molar-refractivity contribution >= 4 is 5.91 Å². The molecule has 0 radical (unpaired) electrons. The zero-order valence-electron chi connectivity index (χ0n) is 12.4. The van der Waals surface area contributed by atoms with Crippen LogP contribution in [0.15, 0.2) is 12.1 Å². The van der Waals surface area contributed by atoms with Gasteiger partial charge in [-0.1, -0.05) is 43.4 Å². The number of hydrogen-bond acceptors (Lipinski definition) is 1. The molecule has 0 aliphatic carbocycles. The van der Waals surface area contributed by atoms with Crippen molar-refractivity contribution in [1.29, 1.82) is 0 Å². The molecule has 0 aliphatic heterocycles. The Bertz CT molecular complexity index is 481. The Morgan fingerprint density at radius 3 is 2.26 bits per heavy atom. The van der Waals surface area contributed by atoms with Crippen molar-refractivity contribution in [2.45, 2.75) is 47.0 Å². The number of benzene rings is 1. The second-order valence-electron chi connectivity index (χ2n) is 4.70. The summed E-state index contributed by atoms with van der Waals surface area (Å²) in [6.45, 7) is 8.61. The van der Waals surface area contributed by atoms with E-state index in [1.807, 2.05) is 0 Å². The van der Waals surface area contributed by atoms with Crippen LogP contribution in [0.3, 0.4) is 0 Å². The first-order valence-electron chi connectivity index (χ1n) is 6.94. The highest BCUT2D eigenvalue weighted by Gasteiger charge is 2.05. The van der Waals surface area contributed by atoms with E-state index in [9.17, 15) is 4.79 Å². The van der Waals surface area contributed by atoms with Crippen LogP contribution in [0.25, 0.3) is 0 Å². The van der Waals surface area contributed by atoms with Crippen LogP contribution < -0.4 is 5.32 Å². The third-order valence-electron chi connectivity index (χ3n) is 3.05. The normalized spacial score (nSPS) is 9.68. The predicted octanol–water partition coefficient (Wildman–Crippen LogP) is 3.00. The van der Waals surface area contributed by atoms with Gasteiger partial charge in [0, 0.05) is 25.5 Å². The molecule has 0 saturated heterocycles. The van der Waals surface area contributed by atoms with E-state index in [-0.39, 0.29) is 5.91 Å². The Labute approximate surface area is 116 Å². The molecule has 102 valence electrons. The topological polar surface area (TPSA) is 29.1 Å². The molecule has 0 spiro atoms. The van der Waals surface area contributed by atoms with Gasteiger partial charge in [-0.2, -0.15) is 0 Å². The first kappa shape index (κ1) is 15.3. The second-order valence-corrected chi connectivity index (χ2v) is 4.70. The van der Waals surface area contributed by atoms with E-state index < -0.39 is 0 Å². The van der Waals surface area contributed by atoms with Gasteiger partial charge in [-0.05, 0) is 30.9 Å². The van der Waals surface area contributed by atoms with Crippen LogP contribution in [0.5, 0.6) is 0 Å². The third-order valence-corrected chi connectivity index (χ3v) is 3.05. The number of carbonyl (C=O) groups is 1. The Morgan fingerprint density at radius 2 is 1.79 bits per heavy atom. The number of rotatable bonds is 4. The molecule has 1 rings (SSSR count). The number of carbonyl (C=O) groups excluding carboxylic acids is 1. The van der Waals surface area contributed by atoms with Gasteiger partial charge in [0.25, 0.3) is 0 Å². The molecule has 0 saturated carbocycles. The number of aryl methyl sites for hydroxylation is 3. The summed E-state index contributed by atoms with van der Waals surface area (Å²) < 4.78 is 0. The summed E-state index contributed by atoms with van der Waals surface area (Å²) in [4.78, 5) is 10.8. The largest absolute Gasteiger partial charge is 0.355 e. The quantitative estimate of drug-likeness (QED) is 0.652. The Morgan fingerprint density at radius 1 is 1.21 bits per heavy atom. The summed E-state index contributed by atoms with van der Waals surface area (Å²) in [5.74, 6) is 6.45. The van der Waals surface area contributed by atoms with Gasteiger partial charge < -0.3 is 5.32 Å². The summed E-state index contributed by atoms with van der Waals surface area (Å²) in [5, 5.41) is 2.76. The molecule has 0 bridgehead atoms. The Kier molecular flexibility index (Phi) is 6.15. The minimum atomic E-state index is 0.000584. The molecule has 0 unspecified atom stereocenters. The molecule has 0 aliphatic rings. The van der Waals surface area contributed by atoms with Gasteiger partial charge in [-0.25, -0.2) is 0 Å². The Balaban J connectivity index is 2.87. The lowest BCUT2D eigenvalue weighted by atomic mass is 9.95. The average molecular weight is 257 g/mol. The van der Waals surface area contributed by atoms with Crippen molar-refractivity contribution in [1.82, 2.24) is 5.32 Å². The van der Waals surface area contributed by atoms with Crippen molar-refractivity contribution in [2.75, 3.05) is 6.54 Å². The van der Waals surface area contributed by atoms with Crippen molar-refractivity contribution in [3.8, 4) is 11.8 Å². The third kappa shape index (κ3) is 4.79. The predicted molar refractivity (Wildman–Crippen MR) is 80.1 cm³/mol. The van der Waals surface area contributed by atoms with Crippen molar-refractivity contribution in [3.05, 3.63) is 34.4 Å². The van der Waals surface area contributed by atoms with Crippen molar-refractivity contribution < 1.29 is 4.79 Å². The maximum atomic E-state index is 10.8. The van der Waals surface area contributed by atoms with Crippen molar-refractivity contribution in [2.24, 2.45) is 0 Å². The van der Waals surface area contributed by atoms with Crippen LogP contribution in [0.1, 0.15) is 49.4 Å². The van der Waals surface area contributed by atoms with Crippen LogP contribution >= 0.6 is 0 Å². The van der Waals surface area contributed by atoms with Gasteiger partial charge in [0.15, 0.2) is 0 Å². The van der Waals surface area contributed by atoms with Gasteiger partial charge in [-0.3, -0.25) is 4.79 Å². The maximum Gasteiger partial charge on any atom is 0.216 e. The summed E-state index contributed by atoms with van der Waals surface area (Å²) >= 11 is 0. The van der Waals surface area contributed by atoms with Crippen LogP contribution in [-0.4, -0.2) is 12.5 Å². The summed E-state index contributed by atoms with van der Waals surface area (Å²) in [7, 11) is 0. The zero-order chi connectivity index (χ0) is 14.3. The van der Waals surface area contributed by atoms with Gasteiger partial charge >= 0.3 is 0 Å². The molecule has 2 heteroatoms. The van der Waals surface area contributed by atoms with Crippen LogP contribution in [0, 0.1) is 18.8 Å². The standard InChI is InChI=1S/C17H23NO/c1-5-15-11-13(3)12-16(6-2)17(15)9-7-8-10-18-14(4)19/h11-12H,5-6,8,10H2,1-4H3,(H,18,19). The number of amides is 1. The zero-order valence-corrected chi connectivity index (χ0v) is 12.4. The highest BCUT2D eigenvalue weighted by Crippen LogP contribution is 2.18. The fourth-order valence-electron chi connectivity index (χ4n) is 2.11. The maximum absolute atomic E-state index is 10.8. The summed E-state index contributed by atoms with van der Waals surface area (Å²) in [6, 6.07) is 4.44. The molecule has 19 heavy (non-hydrogen) atoms. The smallest absolute Gasteiger partial charge is 0.216 e. The lowest BCUT2D eigenvalue weighted by molar-refractivity contribution is -0.118. The molecule has 1 amide bonds. The minimum Gasteiger partial charge on any atom is -0.355 e. The minimum absolute atomic E-state index is 0.000584. The Hall–Kier alpha value is -1.75. The number of nitrogens with one attached hydrogen (secondary N) is 1. The van der Waals surface area contributed by atoms with E-state index in [0.717, 1.165) is 12.8 Å². The average Bonchev–Trinajstić information content (AvgIpc) is 2.38. The molecule has 1 aromatic carbocycles. The monoisotopic (exact) mass is 257 g/mol. The van der Waals surface area contributed by atoms with Gasteiger partial charge in [-0.15, -0.1) is 0 Å². The van der Waals surface area contributed by atoms with Gasteiger partial charge in [0.05, 0.1) is 0 Å². The van der Waals surface area contributed by atoms with Gasteiger partial charge in [0.1, 0.15) is 0 Å². The van der Waals surface area contributed by atoms with Crippen molar-refractivity contribution in [3.63, 3.8) is 0 Å². The van der Waals surface area contributed by atoms with E-state index >= 15 is 0 Å². The van der Waals surface area contributed by atoms with E-state index in [1.165, 1.54) is 29.2 Å². The molecule has 0 aromatic heterocycles. The molecular formula is C17H23NO. The van der Waals surface area contributed by atoms with Crippen LogP contribution in [-0.2, 0) is 17.6 Å². The summed E-state index contributed by atoms with van der Waals surface area (Å²) in [6.07, 6.45) is 2.70. The summed E-state index contributed by atoms with van der Waals surface area (Å²) in [5.41, 5.74) is 5.13. The SMILES string of the molecule is CCc1cc(C)cc(CC)c1C#CCCNC(C)=O. The van der Waals surface area contributed by atoms with E-state index in [1.54, 1.807) is 0 Å². The van der Waals surface area contributed by atoms with E-state index in [4.69, 9.17) is 0 Å². The first-order valence-corrected chi connectivity index (χ1v) is 6.94. The molecule has 1 aromatic rings. The lowest BCUT2D eigenvalue weighted by Gasteiger charge is -2.09. The fraction of sp³-hybridized carbons (Fsp3) is 0.471. The van der Waals surface area contributed by atoms with Crippen LogP contribution in [0.2, 0.25) is 0 Å². The number of hydrogen-bond donors (Lipinski definition) is 1. The second kappa shape index (κ2) is 7.63. The fourth-order valence-corrected chi connectivity index (χ4v) is 2.11. The van der Waals surface area contributed by atoms with E-state index in [0.29, 0.717) is 13.0 Å². The molecule has 0 heterocycles. The molecule has 0 fully saturated rings. The lowest BCUT2D eigenvalue weighted by Crippen LogP contribution is -2.20. The van der Waals surface area contributed by atoms with E-state index in [2.05, 4.69) is 50.1 Å².